The fraction of sp³-hybridized carbons (Fsp3) is 0.375. The number of aryl methyl sites for hydroxylation is 2. The van der Waals surface area contributed by atoms with Crippen LogP contribution in [0.25, 0.3) is 17.1 Å². The van der Waals surface area contributed by atoms with E-state index in [0.717, 1.165) is 11.8 Å². The number of hydrogen-bond acceptors (Lipinski definition) is 8. The van der Waals surface area contributed by atoms with Gasteiger partial charge in [0.1, 0.15) is 40.3 Å². The first-order valence-corrected chi connectivity index (χ1v) is 14.8. The molecule has 1 aliphatic rings. The molecule has 1 saturated heterocycles. The highest BCUT2D eigenvalue weighted by atomic mass is 35.5. The Hall–Kier alpha value is -4.45. The zero-order chi connectivity index (χ0) is 32.5. The second-order valence-corrected chi connectivity index (χ2v) is 12.3. The van der Waals surface area contributed by atoms with Gasteiger partial charge >= 0.3 is 6.09 Å². The molecule has 4 aromatic heterocycles. The maximum Gasteiger partial charge on any atom is 0.410 e. The number of ether oxygens (including phenoxy) is 2. The lowest BCUT2D eigenvalue weighted by Gasteiger charge is -2.32. The van der Waals surface area contributed by atoms with Crippen LogP contribution < -0.4 is 10.3 Å². The maximum absolute atomic E-state index is 14.0. The topological polar surface area (TPSA) is 112 Å². The highest BCUT2D eigenvalue weighted by molar-refractivity contribution is 6.31. The van der Waals surface area contributed by atoms with Crippen LogP contribution in [0.15, 0.2) is 47.7 Å². The second-order valence-electron chi connectivity index (χ2n) is 11.9. The standard InChI is InChI=1S/C32H33ClF2N6O4/c1-18-15-37-24(23-6-9-36-29(39-23)20-7-10-40(11-8-20)31(43)45-32(3,4)5)14-26(18)41-19(2)12-27(28(33)30(41)42)44-17-25-22(35)13-21(34)16-38-25/h6,9,12-16,20H,7-8,10-11,17H2,1-5H3. The molecule has 5 heterocycles. The summed E-state index contributed by atoms with van der Waals surface area (Å²) < 4.78 is 39.8. The highest BCUT2D eigenvalue weighted by Crippen LogP contribution is 2.30. The van der Waals surface area contributed by atoms with E-state index in [0.29, 0.717) is 60.6 Å². The summed E-state index contributed by atoms with van der Waals surface area (Å²) in [6, 6.07) is 5.78. The Labute approximate surface area is 264 Å². The van der Waals surface area contributed by atoms with Crippen LogP contribution in [0.1, 0.15) is 62.3 Å². The molecule has 45 heavy (non-hydrogen) atoms. The number of likely N-dealkylation sites (tertiary alicyclic amines) is 1. The van der Waals surface area contributed by atoms with E-state index in [-0.39, 0.29) is 35.1 Å². The maximum atomic E-state index is 14.0. The number of rotatable bonds is 6. The third kappa shape index (κ3) is 7.28. The summed E-state index contributed by atoms with van der Waals surface area (Å²) in [6.07, 6.45) is 5.28. The molecule has 0 radical (unpaired) electrons. The number of pyridine rings is 3. The molecule has 0 atom stereocenters. The average molecular weight is 639 g/mol. The van der Waals surface area contributed by atoms with Crippen LogP contribution in [0.3, 0.4) is 0 Å². The van der Waals surface area contributed by atoms with E-state index in [4.69, 9.17) is 26.1 Å². The van der Waals surface area contributed by atoms with Crippen LogP contribution in [0.4, 0.5) is 13.6 Å². The van der Waals surface area contributed by atoms with Gasteiger partial charge in [-0.15, -0.1) is 0 Å². The minimum atomic E-state index is -0.865. The zero-order valence-corrected chi connectivity index (χ0v) is 26.4. The van der Waals surface area contributed by atoms with E-state index < -0.39 is 22.8 Å². The summed E-state index contributed by atoms with van der Waals surface area (Å²) in [5.41, 5.74) is 1.67. The quantitative estimate of drug-likeness (QED) is 0.241. The number of hydrogen-bond donors (Lipinski definition) is 0. The summed E-state index contributed by atoms with van der Waals surface area (Å²) in [4.78, 5) is 45.2. The first-order chi connectivity index (χ1) is 21.3. The number of carbonyl (C=O) groups is 1. The van der Waals surface area contributed by atoms with Gasteiger partial charge in [0.2, 0.25) is 0 Å². The van der Waals surface area contributed by atoms with Crippen LogP contribution in [-0.4, -0.2) is 54.2 Å². The van der Waals surface area contributed by atoms with Crippen molar-refractivity contribution in [1.82, 2.24) is 29.4 Å². The molecule has 4 aromatic rings. The molecule has 0 N–H and O–H groups in total. The molecular weight excluding hydrogens is 606 g/mol. The van der Waals surface area contributed by atoms with Gasteiger partial charge in [-0.3, -0.25) is 19.3 Å². The van der Waals surface area contributed by atoms with E-state index in [2.05, 4.69) is 15.0 Å². The molecule has 5 rings (SSSR count). The molecule has 0 unspecified atom stereocenters. The second kappa shape index (κ2) is 12.9. The van der Waals surface area contributed by atoms with Crippen molar-refractivity contribution in [2.75, 3.05) is 13.1 Å². The van der Waals surface area contributed by atoms with Crippen molar-refractivity contribution in [2.45, 2.75) is 65.6 Å². The van der Waals surface area contributed by atoms with Gasteiger partial charge in [0, 0.05) is 49.2 Å². The summed E-state index contributed by atoms with van der Waals surface area (Å²) in [5, 5.41) is -0.206. The molecule has 0 bridgehead atoms. The van der Waals surface area contributed by atoms with Crippen molar-refractivity contribution in [3.05, 3.63) is 92.6 Å². The molecule has 0 aliphatic carbocycles. The summed E-state index contributed by atoms with van der Waals surface area (Å²) in [7, 11) is 0. The molecule has 1 aliphatic heterocycles. The van der Waals surface area contributed by atoms with Gasteiger partial charge in [0.15, 0.2) is 5.82 Å². The first kappa shape index (κ1) is 32.0. The van der Waals surface area contributed by atoms with Crippen molar-refractivity contribution in [3.8, 4) is 22.8 Å². The minimum absolute atomic E-state index is 0.0473. The molecule has 0 saturated carbocycles. The Kier molecular flexibility index (Phi) is 9.15. The van der Waals surface area contributed by atoms with Crippen LogP contribution in [0.2, 0.25) is 5.02 Å². The monoisotopic (exact) mass is 638 g/mol. The van der Waals surface area contributed by atoms with Crippen molar-refractivity contribution in [3.63, 3.8) is 0 Å². The van der Waals surface area contributed by atoms with Crippen LogP contribution >= 0.6 is 11.6 Å². The molecule has 236 valence electrons. The van der Waals surface area contributed by atoms with Crippen LogP contribution in [-0.2, 0) is 11.3 Å². The van der Waals surface area contributed by atoms with Crippen molar-refractivity contribution in [2.24, 2.45) is 0 Å². The third-order valence-corrected chi connectivity index (χ3v) is 7.66. The van der Waals surface area contributed by atoms with E-state index in [1.54, 1.807) is 42.4 Å². The van der Waals surface area contributed by atoms with E-state index in [9.17, 15) is 18.4 Å². The average Bonchev–Trinajstić information content (AvgIpc) is 2.99. The van der Waals surface area contributed by atoms with Gasteiger partial charge in [-0.1, -0.05) is 11.6 Å². The fourth-order valence-corrected chi connectivity index (χ4v) is 5.23. The Balaban J connectivity index is 1.37. The number of aromatic nitrogens is 5. The van der Waals surface area contributed by atoms with E-state index in [1.165, 1.54) is 4.57 Å². The third-order valence-electron chi connectivity index (χ3n) is 7.31. The fourth-order valence-electron chi connectivity index (χ4n) is 5.03. The normalized spacial score (nSPS) is 14.0. The molecule has 1 amide bonds. The smallest absolute Gasteiger partial charge is 0.410 e. The summed E-state index contributed by atoms with van der Waals surface area (Å²) in [5.74, 6) is -0.909. The van der Waals surface area contributed by atoms with Gasteiger partial charge in [-0.2, -0.15) is 0 Å². The Bertz CT molecular complexity index is 1800. The molecule has 0 aromatic carbocycles. The molecule has 0 spiro atoms. The number of carbonyl (C=O) groups excluding carboxylic acids is 1. The Morgan fingerprint density at radius 3 is 2.47 bits per heavy atom. The van der Waals surface area contributed by atoms with Gasteiger partial charge in [-0.25, -0.2) is 23.5 Å². The number of halogens is 3. The predicted octanol–water partition coefficient (Wildman–Crippen LogP) is 6.33. The van der Waals surface area contributed by atoms with Gasteiger partial charge in [0.05, 0.1) is 23.3 Å². The van der Waals surface area contributed by atoms with Crippen LogP contribution in [0.5, 0.6) is 5.75 Å². The minimum Gasteiger partial charge on any atom is -0.485 e. The highest BCUT2D eigenvalue weighted by Gasteiger charge is 2.29. The van der Waals surface area contributed by atoms with Gasteiger partial charge in [0.25, 0.3) is 5.56 Å². The Morgan fingerprint density at radius 1 is 1.04 bits per heavy atom. The van der Waals surface area contributed by atoms with Gasteiger partial charge in [-0.05, 0) is 65.2 Å². The van der Waals surface area contributed by atoms with Crippen molar-refractivity contribution < 1.29 is 23.0 Å². The van der Waals surface area contributed by atoms with Crippen molar-refractivity contribution >= 4 is 17.7 Å². The summed E-state index contributed by atoms with van der Waals surface area (Å²) in [6.45, 7) is 9.81. The Morgan fingerprint density at radius 2 is 1.78 bits per heavy atom. The molecular formula is C32H33ClF2N6O4. The van der Waals surface area contributed by atoms with E-state index >= 15 is 0 Å². The largest absolute Gasteiger partial charge is 0.485 e. The first-order valence-electron chi connectivity index (χ1n) is 14.4. The lowest BCUT2D eigenvalue weighted by atomic mass is 9.96. The number of amides is 1. The lowest BCUT2D eigenvalue weighted by molar-refractivity contribution is 0.0203. The molecule has 13 heteroatoms. The SMILES string of the molecule is Cc1cnc(-c2ccnc(C3CCN(C(=O)OC(C)(C)C)CC3)n2)cc1-n1c(C)cc(OCc2ncc(F)cc2F)c(Cl)c1=O. The number of nitrogens with zero attached hydrogens (tertiary/aromatic N) is 6. The van der Waals surface area contributed by atoms with Crippen LogP contribution in [0, 0.1) is 25.5 Å². The lowest BCUT2D eigenvalue weighted by Crippen LogP contribution is -2.41. The van der Waals surface area contributed by atoms with Crippen molar-refractivity contribution in [1.29, 1.82) is 0 Å². The molecule has 10 nitrogen and oxygen atoms in total. The molecule has 1 fully saturated rings. The van der Waals surface area contributed by atoms with Gasteiger partial charge < -0.3 is 14.4 Å². The number of piperidine rings is 1. The van der Waals surface area contributed by atoms with E-state index in [1.807, 2.05) is 27.7 Å². The predicted molar refractivity (Wildman–Crippen MR) is 164 cm³/mol. The zero-order valence-electron chi connectivity index (χ0n) is 25.6. The summed E-state index contributed by atoms with van der Waals surface area (Å²) >= 11 is 6.43.